The van der Waals surface area contributed by atoms with Crippen molar-refractivity contribution in [3.05, 3.63) is 0 Å². The summed E-state index contributed by atoms with van der Waals surface area (Å²) in [5, 5.41) is 17.4. The summed E-state index contributed by atoms with van der Waals surface area (Å²) in [6.07, 6.45) is 0. The Morgan fingerprint density at radius 1 is 1.70 bits per heavy atom. The maximum Gasteiger partial charge on any atom is 0.0673 e. The van der Waals surface area contributed by atoms with Gasteiger partial charge < -0.3 is 10.0 Å². The van der Waals surface area contributed by atoms with Crippen LogP contribution in [0.25, 0.3) is 0 Å². The number of likely N-dealkylation sites (tertiary alicyclic amines) is 1. The Bertz CT molecular complexity index is 152. The van der Waals surface area contributed by atoms with Gasteiger partial charge in [-0.2, -0.15) is 5.26 Å². The van der Waals surface area contributed by atoms with Crippen LogP contribution in [0.2, 0.25) is 0 Å². The van der Waals surface area contributed by atoms with Crippen LogP contribution in [0.15, 0.2) is 0 Å². The molecule has 0 unspecified atom stereocenters. The average molecular weight is 140 g/mol. The molecule has 10 heavy (non-hydrogen) atoms. The first-order valence-corrected chi connectivity index (χ1v) is 3.47. The topological polar surface area (TPSA) is 47.3 Å². The van der Waals surface area contributed by atoms with Gasteiger partial charge in [0.1, 0.15) is 0 Å². The second kappa shape index (κ2) is 3.00. The molecule has 1 N–H and O–H groups in total. The lowest BCUT2D eigenvalue weighted by Crippen LogP contribution is -2.15. The number of hydrogen-bond donors (Lipinski definition) is 1. The Hall–Kier alpha value is -0.590. The summed E-state index contributed by atoms with van der Waals surface area (Å²) in [4.78, 5) is 2.08. The van der Waals surface area contributed by atoms with Crippen molar-refractivity contribution in [2.24, 2.45) is 11.8 Å². The van der Waals surface area contributed by atoms with Crippen LogP contribution < -0.4 is 0 Å². The van der Waals surface area contributed by atoms with Crippen LogP contribution >= 0.6 is 0 Å². The van der Waals surface area contributed by atoms with E-state index >= 15 is 0 Å². The summed E-state index contributed by atoms with van der Waals surface area (Å²) in [5.74, 6) is 0.213. The van der Waals surface area contributed by atoms with Crippen molar-refractivity contribution in [1.29, 1.82) is 5.26 Å². The molecule has 1 rings (SSSR count). The number of aliphatic hydroxyl groups is 1. The largest absolute Gasteiger partial charge is 0.396 e. The van der Waals surface area contributed by atoms with Gasteiger partial charge in [0.05, 0.1) is 12.0 Å². The fraction of sp³-hybridized carbons (Fsp3) is 0.857. The molecule has 0 aliphatic carbocycles. The van der Waals surface area contributed by atoms with Crippen LogP contribution in [0, 0.1) is 23.2 Å². The fourth-order valence-electron chi connectivity index (χ4n) is 1.42. The van der Waals surface area contributed by atoms with Crippen molar-refractivity contribution in [1.82, 2.24) is 4.90 Å². The second-order valence-corrected chi connectivity index (χ2v) is 2.90. The molecule has 0 bridgehead atoms. The first-order valence-electron chi connectivity index (χ1n) is 3.47. The molecular weight excluding hydrogens is 128 g/mol. The molecule has 0 amide bonds. The zero-order valence-electron chi connectivity index (χ0n) is 6.12. The molecule has 0 aromatic rings. The molecule has 3 heteroatoms. The lowest BCUT2D eigenvalue weighted by molar-refractivity contribution is 0.216. The molecule has 1 aliphatic rings. The molecule has 0 radical (unpaired) electrons. The van der Waals surface area contributed by atoms with E-state index in [4.69, 9.17) is 10.4 Å². The van der Waals surface area contributed by atoms with E-state index in [1.807, 2.05) is 7.05 Å². The maximum absolute atomic E-state index is 8.81. The summed E-state index contributed by atoms with van der Waals surface area (Å²) < 4.78 is 0. The molecule has 0 spiro atoms. The molecule has 0 aromatic carbocycles. The highest BCUT2D eigenvalue weighted by molar-refractivity contribution is 4.95. The van der Waals surface area contributed by atoms with Gasteiger partial charge in [-0.05, 0) is 7.05 Å². The minimum Gasteiger partial charge on any atom is -0.396 e. The monoisotopic (exact) mass is 140 g/mol. The van der Waals surface area contributed by atoms with Crippen LogP contribution in [0.4, 0.5) is 0 Å². The third-order valence-corrected chi connectivity index (χ3v) is 2.02. The maximum atomic E-state index is 8.81. The van der Waals surface area contributed by atoms with Gasteiger partial charge in [0.25, 0.3) is 0 Å². The molecule has 1 fully saturated rings. The predicted molar refractivity (Wildman–Crippen MR) is 37.2 cm³/mol. The van der Waals surface area contributed by atoms with Gasteiger partial charge in [0.2, 0.25) is 0 Å². The number of aliphatic hydroxyl groups excluding tert-OH is 1. The smallest absolute Gasteiger partial charge is 0.0673 e. The summed E-state index contributed by atoms with van der Waals surface area (Å²) in [6, 6.07) is 2.19. The van der Waals surface area contributed by atoms with Gasteiger partial charge in [-0.25, -0.2) is 0 Å². The number of nitrogens with zero attached hydrogens (tertiary/aromatic N) is 2. The number of rotatable bonds is 1. The van der Waals surface area contributed by atoms with Crippen LogP contribution in [0.5, 0.6) is 0 Å². The van der Waals surface area contributed by atoms with Crippen LogP contribution in [-0.4, -0.2) is 36.8 Å². The van der Waals surface area contributed by atoms with Crippen molar-refractivity contribution in [2.45, 2.75) is 0 Å². The van der Waals surface area contributed by atoms with Gasteiger partial charge in [-0.1, -0.05) is 0 Å². The minimum absolute atomic E-state index is 0.0370. The van der Waals surface area contributed by atoms with E-state index in [-0.39, 0.29) is 18.4 Å². The summed E-state index contributed by atoms with van der Waals surface area (Å²) in [5.41, 5.74) is 0. The average Bonchev–Trinajstić information content (AvgIpc) is 2.30. The Morgan fingerprint density at radius 2 is 2.40 bits per heavy atom. The van der Waals surface area contributed by atoms with E-state index in [9.17, 15) is 0 Å². The van der Waals surface area contributed by atoms with Crippen molar-refractivity contribution in [2.75, 3.05) is 26.7 Å². The fourth-order valence-corrected chi connectivity index (χ4v) is 1.42. The molecule has 2 atom stereocenters. The quantitative estimate of drug-likeness (QED) is 0.543. The highest BCUT2D eigenvalue weighted by Crippen LogP contribution is 2.20. The minimum atomic E-state index is 0.0370. The molecule has 56 valence electrons. The molecule has 1 aliphatic heterocycles. The van der Waals surface area contributed by atoms with E-state index in [1.54, 1.807) is 0 Å². The summed E-state index contributed by atoms with van der Waals surface area (Å²) in [6.45, 7) is 1.80. The highest BCUT2D eigenvalue weighted by Gasteiger charge is 2.29. The molecular formula is C7H12N2O. The van der Waals surface area contributed by atoms with Crippen molar-refractivity contribution >= 4 is 0 Å². The van der Waals surface area contributed by atoms with Crippen molar-refractivity contribution in [3.63, 3.8) is 0 Å². The van der Waals surface area contributed by atoms with E-state index in [0.29, 0.717) is 0 Å². The van der Waals surface area contributed by atoms with E-state index in [1.165, 1.54) is 0 Å². The molecule has 1 saturated heterocycles. The molecule has 0 saturated carbocycles. The van der Waals surface area contributed by atoms with Gasteiger partial charge >= 0.3 is 0 Å². The van der Waals surface area contributed by atoms with Crippen molar-refractivity contribution < 1.29 is 5.11 Å². The Balaban J connectivity index is 2.51. The molecule has 0 aromatic heterocycles. The standard InChI is InChI=1S/C7H12N2O/c1-9-3-6(2-8)7(4-9)5-10/h6-7,10H,3-5H2,1H3/t6-,7+/m0/s1. The van der Waals surface area contributed by atoms with Crippen LogP contribution in [0.1, 0.15) is 0 Å². The Labute approximate surface area is 60.9 Å². The third kappa shape index (κ3) is 1.28. The van der Waals surface area contributed by atoms with E-state index in [0.717, 1.165) is 13.1 Å². The van der Waals surface area contributed by atoms with Crippen LogP contribution in [-0.2, 0) is 0 Å². The van der Waals surface area contributed by atoms with E-state index in [2.05, 4.69) is 11.0 Å². The highest BCUT2D eigenvalue weighted by atomic mass is 16.3. The van der Waals surface area contributed by atoms with Crippen molar-refractivity contribution in [3.8, 4) is 6.07 Å². The Kier molecular flexibility index (Phi) is 2.25. The normalized spacial score (nSPS) is 34.1. The number of hydrogen-bond acceptors (Lipinski definition) is 3. The first kappa shape index (κ1) is 7.52. The SMILES string of the molecule is CN1C[C@H](CO)[C@@H](C#N)C1. The zero-order valence-corrected chi connectivity index (χ0v) is 6.12. The molecule has 3 nitrogen and oxygen atoms in total. The predicted octanol–water partition coefficient (Wildman–Crippen LogP) is -0.320. The number of nitriles is 1. The zero-order chi connectivity index (χ0) is 7.56. The second-order valence-electron chi connectivity index (χ2n) is 2.90. The van der Waals surface area contributed by atoms with Crippen LogP contribution in [0.3, 0.4) is 0 Å². The van der Waals surface area contributed by atoms with Gasteiger partial charge in [0.15, 0.2) is 0 Å². The third-order valence-electron chi connectivity index (χ3n) is 2.02. The van der Waals surface area contributed by atoms with Gasteiger partial charge in [-0.15, -0.1) is 0 Å². The van der Waals surface area contributed by atoms with Gasteiger partial charge in [0, 0.05) is 25.6 Å². The van der Waals surface area contributed by atoms with E-state index < -0.39 is 0 Å². The first-order chi connectivity index (χ1) is 4.77. The lowest BCUT2D eigenvalue weighted by atomic mass is 9.99. The van der Waals surface area contributed by atoms with Gasteiger partial charge in [-0.3, -0.25) is 0 Å². The Morgan fingerprint density at radius 3 is 2.80 bits per heavy atom. The lowest BCUT2D eigenvalue weighted by Gasteiger charge is -2.06. The summed E-state index contributed by atoms with van der Waals surface area (Å²) >= 11 is 0. The molecule has 1 heterocycles. The summed E-state index contributed by atoms with van der Waals surface area (Å²) in [7, 11) is 1.97.